The van der Waals surface area contributed by atoms with Crippen molar-refractivity contribution in [2.24, 2.45) is 4.99 Å². The highest BCUT2D eigenvalue weighted by molar-refractivity contribution is 5.84. The Bertz CT molecular complexity index is 863. The molecule has 132 valence electrons. The van der Waals surface area contributed by atoms with E-state index >= 15 is 0 Å². The molecular weight excluding hydrogens is 316 g/mol. The summed E-state index contributed by atoms with van der Waals surface area (Å²) >= 11 is 0. The van der Waals surface area contributed by atoms with Gasteiger partial charge in [0.25, 0.3) is 0 Å². The van der Waals surface area contributed by atoms with Gasteiger partial charge in [-0.3, -0.25) is 0 Å². The average Bonchev–Trinajstić information content (AvgIpc) is 3.18. The molecule has 0 saturated heterocycles. The lowest BCUT2D eigenvalue weighted by atomic mass is 10.1. The molecule has 3 N–H and O–H groups in total. The maximum absolute atomic E-state index is 4.96. The Morgan fingerprint density at radius 3 is 2.92 bits per heavy atom. The van der Waals surface area contributed by atoms with E-state index in [0.717, 1.165) is 25.5 Å². The van der Waals surface area contributed by atoms with Crippen LogP contribution in [0, 0.1) is 13.8 Å². The first kappa shape index (κ1) is 17.0. The molecule has 0 saturated carbocycles. The third-order valence-electron chi connectivity index (χ3n) is 3.90. The van der Waals surface area contributed by atoms with Crippen LogP contribution < -0.4 is 10.6 Å². The van der Waals surface area contributed by atoms with Gasteiger partial charge in [-0.15, -0.1) is 0 Å². The first-order valence-corrected chi connectivity index (χ1v) is 8.53. The predicted octanol–water partition coefficient (Wildman–Crippen LogP) is 2.47. The summed E-state index contributed by atoms with van der Waals surface area (Å²) in [7, 11) is 0. The van der Waals surface area contributed by atoms with Crippen LogP contribution in [0.3, 0.4) is 0 Å². The summed E-state index contributed by atoms with van der Waals surface area (Å²) in [5, 5.41) is 11.7. The van der Waals surface area contributed by atoms with Crippen LogP contribution in [0.25, 0.3) is 10.9 Å². The first-order chi connectivity index (χ1) is 12.2. The molecule has 0 bridgehead atoms. The standard InChI is InChI=1S/C18H24N6O/c1-4-19-18(22-11-17-23-13(3)25-24-17)20-8-7-14-10-21-16-9-12(2)5-6-15(14)16/h5-6,9-10,21H,4,7-8,11H2,1-3H3,(H2,19,20,22). The molecule has 0 aliphatic heterocycles. The number of aromatic amines is 1. The Labute approximate surface area is 146 Å². The fraction of sp³-hybridized carbons (Fsp3) is 0.389. The highest BCUT2D eigenvalue weighted by Gasteiger charge is 2.05. The van der Waals surface area contributed by atoms with Crippen LogP contribution in [0.15, 0.2) is 33.9 Å². The van der Waals surface area contributed by atoms with Crippen molar-refractivity contribution in [3.8, 4) is 0 Å². The fourth-order valence-electron chi connectivity index (χ4n) is 2.72. The van der Waals surface area contributed by atoms with Gasteiger partial charge in [-0.05, 0) is 37.5 Å². The smallest absolute Gasteiger partial charge is 0.223 e. The number of nitrogens with one attached hydrogen (secondary N) is 3. The molecule has 0 fully saturated rings. The number of hydrogen-bond acceptors (Lipinski definition) is 4. The third kappa shape index (κ3) is 4.37. The molecule has 3 rings (SSSR count). The molecule has 2 aromatic heterocycles. The van der Waals surface area contributed by atoms with Gasteiger partial charge in [0.05, 0.1) is 0 Å². The second-order valence-electron chi connectivity index (χ2n) is 5.96. The number of aryl methyl sites for hydroxylation is 2. The van der Waals surface area contributed by atoms with Gasteiger partial charge in [-0.1, -0.05) is 17.3 Å². The van der Waals surface area contributed by atoms with E-state index in [1.807, 2.05) is 6.92 Å². The maximum atomic E-state index is 4.96. The van der Waals surface area contributed by atoms with E-state index in [0.29, 0.717) is 18.3 Å². The van der Waals surface area contributed by atoms with Crippen molar-refractivity contribution >= 4 is 16.9 Å². The van der Waals surface area contributed by atoms with Crippen LogP contribution >= 0.6 is 0 Å². The minimum Gasteiger partial charge on any atom is -0.361 e. The van der Waals surface area contributed by atoms with Gasteiger partial charge in [-0.2, -0.15) is 4.98 Å². The molecule has 0 aliphatic rings. The molecule has 25 heavy (non-hydrogen) atoms. The van der Waals surface area contributed by atoms with Crippen molar-refractivity contribution < 1.29 is 4.52 Å². The first-order valence-electron chi connectivity index (χ1n) is 8.53. The summed E-state index contributed by atoms with van der Waals surface area (Å²) in [6.45, 7) is 7.89. The van der Waals surface area contributed by atoms with E-state index in [2.05, 4.69) is 62.1 Å². The Balaban J connectivity index is 1.59. The lowest BCUT2D eigenvalue weighted by Gasteiger charge is -2.10. The molecule has 0 radical (unpaired) electrons. The summed E-state index contributed by atoms with van der Waals surface area (Å²) in [6, 6.07) is 6.49. The summed E-state index contributed by atoms with van der Waals surface area (Å²) in [6.07, 6.45) is 2.99. The Hall–Kier alpha value is -2.83. The van der Waals surface area contributed by atoms with E-state index < -0.39 is 0 Å². The quantitative estimate of drug-likeness (QED) is 0.474. The molecular formula is C18H24N6O. The lowest BCUT2D eigenvalue weighted by molar-refractivity contribution is 0.387. The minimum absolute atomic E-state index is 0.388. The molecule has 7 nitrogen and oxygen atoms in total. The zero-order valence-corrected chi connectivity index (χ0v) is 14.9. The van der Waals surface area contributed by atoms with Gasteiger partial charge in [-0.25, -0.2) is 4.99 Å². The second-order valence-corrected chi connectivity index (χ2v) is 5.96. The zero-order valence-electron chi connectivity index (χ0n) is 14.9. The van der Waals surface area contributed by atoms with Crippen LogP contribution in [0.2, 0.25) is 0 Å². The van der Waals surface area contributed by atoms with Crippen molar-refractivity contribution in [3.05, 3.63) is 47.2 Å². The summed E-state index contributed by atoms with van der Waals surface area (Å²) in [5.74, 6) is 1.89. The van der Waals surface area contributed by atoms with Gasteiger partial charge in [0, 0.05) is 37.1 Å². The van der Waals surface area contributed by atoms with Crippen molar-refractivity contribution in [2.45, 2.75) is 33.7 Å². The number of rotatable bonds is 6. The molecule has 7 heteroatoms. The Morgan fingerprint density at radius 1 is 1.28 bits per heavy atom. The van der Waals surface area contributed by atoms with Gasteiger partial charge < -0.3 is 20.1 Å². The molecule has 0 atom stereocenters. The average molecular weight is 340 g/mol. The van der Waals surface area contributed by atoms with Gasteiger partial charge in [0.1, 0.15) is 6.54 Å². The number of benzene rings is 1. The molecule has 3 aromatic rings. The second kappa shape index (κ2) is 7.83. The van der Waals surface area contributed by atoms with Gasteiger partial charge >= 0.3 is 0 Å². The number of fused-ring (bicyclic) bond motifs is 1. The molecule has 0 unspecified atom stereocenters. The Kier molecular flexibility index (Phi) is 5.33. The number of H-pyrrole nitrogens is 1. The van der Waals surface area contributed by atoms with Crippen LogP contribution in [0.1, 0.15) is 29.8 Å². The van der Waals surface area contributed by atoms with E-state index in [4.69, 9.17) is 4.52 Å². The largest absolute Gasteiger partial charge is 0.361 e. The number of guanidine groups is 1. The molecule has 0 aliphatic carbocycles. The van der Waals surface area contributed by atoms with Crippen molar-refractivity contribution in [1.29, 1.82) is 0 Å². The van der Waals surface area contributed by atoms with E-state index in [9.17, 15) is 0 Å². The molecule has 1 aromatic carbocycles. The summed E-state index contributed by atoms with van der Waals surface area (Å²) in [5.41, 5.74) is 3.74. The van der Waals surface area contributed by atoms with Crippen molar-refractivity contribution in [2.75, 3.05) is 13.1 Å². The summed E-state index contributed by atoms with van der Waals surface area (Å²) < 4.78 is 4.96. The van der Waals surface area contributed by atoms with Gasteiger partial charge in [0.2, 0.25) is 5.89 Å². The van der Waals surface area contributed by atoms with Crippen molar-refractivity contribution in [3.63, 3.8) is 0 Å². The normalized spacial score (nSPS) is 11.9. The number of nitrogens with zero attached hydrogens (tertiary/aromatic N) is 3. The molecule has 2 heterocycles. The van der Waals surface area contributed by atoms with Crippen LogP contribution in [0.5, 0.6) is 0 Å². The Morgan fingerprint density at radius 2 is 2.16 bits per heavy atom. The fourth-order valence-corrected chi connectivity index (χ4v) is 2.72. The van der Waals surface area contributed by atoms with Crippen molar-refractivity contribution in [1.82, 2.24) is 25.8 Å². The number of hydrogen-bond donors (Lipinski definition) is 3. The van der Waals surface area contributed by atoms with Crippen LogP contribution in [-0.4, -0.2) is 34.2 Å². The molecule has 0 spiro atoms. The monoisotopic (exact) mass is 340 g/mol. The van der Waals surface area contributed by atoms with E-state index in [1.54, 1.807) is 6.92 Å². The lowest BCUT2D eigenvalue weighted by Crippen LogP contribution is -2.38. The topological polar surface area (TPSA) is 91.1 Å². The summed E-state index contributed by atoms with van der Waals surface area (Å²) in [4.78, 5) is 12.0. The SMILES string of the molecule is CCNC(=NCc1noc(C)n1)NCCc1c[nH]c2cc(C)ccc12. The van der Waals surface area contributed by atoms with E-state index in [-0.39, 0.29) is 0 Å². The third-order valence-corrected chi connectivity index (χ3v) is 3.90. The van der Waals surface area contributed by atoms with Crippen LogP contribution in [-0.2, 0) is 13.0 Å². The van der Waals surface area contributed by atoms with E-state index in [1.165, 1.54) is 22.0 Å². The minimum atomic E-state index is 0.388. The zero-order chi connectivity index (χ0) is 17.6. The highest BCUT2D eigenvalue weighted by atomic mass is 16.5. The number of aliphatic imine (C=N–C) groups is 1. The maximum Gasteiger partial charge on any atom is 0.223 e. The van der Waals surface area contributed by atoms with Gasteiger partial charge in [0.15, 0.2) is 11.8 Å². The predicted molar refractivity (Wildman–Crippen MR) is 98.6 cm³/mol. The molecule has 0 amide bonds. The number of aromatic nitrogens is 3. The van der Waals surface area contributed by atoms with Crippen LogP contribution in [0.4, 0.5) is 0 Å². The highest BCUT2D eigenvalue weighted by Crippen LogP contribution is 2.19.